The van der Waals surface area contributed by atoms with E-state index in [-0.39, 0.29) is 0 Å². The van der Waals surface area contributed by atoms with Crippen molar-refractivity contribution < 1.29 is 0 Å². The molecule has 2 N–H and O–H groups in total. The zero-order valence-corrected chi connectivity index (χ0v) is 6.46. The molecule has 0 heterocycles. The molecule has 0 aliphatic rings. The van der Waals surface area contributed by atoms with Gasteiger partial charge in [0.25, 0.3) is 0 Å². The summed E-state index contributed by atoms with van der Waals surface area (Å²) in [5.41, 5.74) is 7.86. The van der Waals surface area contributed by atoms with E-state index in [0.29, 0.717) is 6.71 Å². The molecule has 2 heteroatoms. The SMILES string of the molecule is CB(C)c1ccccc1N. The highest BCUT2D eigenvalue weighted by atomic mass is 14.5. The quantitative estimate of drug-likeness (QED) is 0.452. The third-order valence-corrected chi connectivity index (χ3v) is 1.62. The van der Waals surface area contributed by atoms with Crippen molar-refractivity contribution in [3.05, 3.63) is 24.3 Å². The summed E-state index contributed by atoms with van der Waals surface area (Å²) in [5, 5.41) is 0. The van der Waals surface area contributed by atoms with Crippen LogP contribution in [0, 0.1) is 0 Å². The topological polar surface area (TPSA) is 26.0 Å². The lowest BCUT2D eigenvalue weighted by atomic mass is 9.49. The van der Waals surface area contributed by atoms with E-state index in [1.807, 2.05) is 18.2 Å². The summed E-state index contributed by atoms with van der Waals surface area (Å²) >= 11 is 0. The highest BCUT2D eigenvalue weighted by Gasteiger charge is 2.04. The highest BCUT2D eigenvalue weighted by Crippen LogP contribution is 1.98. The first kappa shape index (κ1) is 7.20. The number of para-hydroxylation sites is 1. The van der Waals surface area contributed by atoms with E-state index in [4.69, 9.17) is 5.73 Å². The van der Waals surface area contributed by atoms with Crippen LogP contribution in [0.1, 0.15) is 0 Å². The molecule has 0 aromatic heterocycles. The molecular formula is C8H12BN. The Balaban J connectivity index is 3.03. The maximum absolute atomic E-state index is 5.72. The Kier molecular flexibility index (Phi) is 2.00. The van der Waals surface area contributed by atoms with E-state index in [1.165, 1.54) is 5.46 Å². The van der Waals surface area contributed by atoms with Gasteiger partial charge in [0.05, 0.1) is 0 Å². The Morgan fingerprint density at radius 3 is 2.20 bits per heavy atom. The Bertz CT molecular complexity index is 220. The van der Waals surface area contributed by atoms with Crippen molar-refractivity contribution in [2.75, 3.05) is 5.73 Å². The van der Waals surface area contributed by atoms with Crippen molar-refractivity contribution >= 4 is 17.9 Å². The lowest BCUT2D eigenvalue weighted by molar-refractivity contribution is 1.71. The molecule has 1 aromatic carbocycles. The number of hydrogen-bond acceptors (Lipinski definition) is 1. The summed E-state index contributed by atoms with van der Waals surface area (Å²) in [5.74, 6) is 0. The second kappa shape index (κ2) is 2.78. The minimum atomic E-state index is 0.529. The van der Waals surface area contributed by atoms with Crippen molar-refractivity contribution in [1.82, 2.24) is 0 Å². The van der Waals surface area contributed by atoms with E-state index >= 15 is 0 Å². The molecule has 0 aliphatic carbocycles. The molecule has 52 valence electrons. The molecule has 0 spiro atoms. The Hall–Kier alpha value is -0.915. The first-order valence-corrected chi connectivity index (χ1v) is 3.56. The van der Waals surface area contributed by atoms with Gasteiger partial charge in [0.2, 0.25) is 0 Å². The van der Waals surface area contributed by atoms with E-state index in [0.717, 1.165) is 5.69 Å². The van der Waals surface area contributed by atoms with Gasteiger partial charge in [-0.2, -0.15) is 0 Å². The summed E-state index contributed by atoms with van der Waals surface area (Å²) in [7, 11) is 0. The van der Waals surface area contributed by atoms with Crippen LogP contribution >= 0.6 is 0 Å². The highest BCUT2D eigenvalue weighted by molar-refractivity contribution is 6.72. The van der Waals surface area contributed by atoms with Crippen LogP contribution < -0.4 is 11.2 Å². The van der Waals surface area contributed by atoms with Crippen LogP contribution in [0.25, 0.3) is 0 Å². The van der Waals surface area contributed by atoms with Crippen LogP contribution in [0.15, 0.2) is 24.3 Å². The zero-order valence-electron chi connectivity index (χ0n) is 6.46. The molecule has 0 saturated heterocycles. The van der Waals surface area contributed by atoms with Crippen molar-refractivity contribution in [2.24, 2.45) is 0 Å². The fourth-order valence-electron chi connectivity index (χ4n) is 1.04. The molecule has 1 aromatic rings. The fourth-order valence-corrected chi connectivity index (χ4v) is 1.04. The molecule has 1 rings (SSSR count). The summed E-state index contributed by atoms with van der Waals surface area (Å²) in [4.78, 5) is 0. The summed E-state index contributed by atoms with van der Waals surface area (Å²) in [6.45, 7) is 4.82. The van der Waals surface area contributed by atoms with Gasteiger partial charge in [-0.3, -0.25) is 0 Å². The third kappa shape index (κ3) is 1.32. The Morgan fingerprint density at radius 2 is 1.80 bits per heavy atom. The van der Waals surface area contributed by atoms with E-state index in [1.54, 1.807) is 0 Å². The van der Waals surface area contributed by atoms with Crippen molar-refractivity contribution in [3.8, 4) is 0 Å². The second-order valence-corrected chi connectivity index (χ2v) is 2.78. The molecule has 1 nitrogen and oxygen atoms in total. The van der Waals surface area contributed by atoms with Crippen LogP contribution in [0.3, 0.4) is 0 Å². The lowest BCUT2D eigenvalue weighted by Gasteiger charge is -2.04. The summed E-state index contributed by atoms with van der Waals surface area (Å²) in [6, 6.07) is 7.99. The van der Waals surface area contributed by atoms with Gasteiger partial charge in [-0.15, -0.1) is 0 Å². The van der Waals surface area contributed by atoms with Crippen LogP contribution in [0.2, 0.25) is 13.6 Å². The standard InChI is InChI=1S/C8H12BN/c1-9(2)7-5-3-4-6-8(7)10/h3-6H,10H2,1-2H3. The number of nitrogen functional groups attached to an aromatic ring is 1. The van der Waals surface area contributed by atoms with Gasteiger partial charge < -0.3 is 5.73 Å². The molecular weight excluding hydrogens is 121 g/mol. The molecule has 0 fully saturated rings. The number of benzene rings is 1. The molecule has 0 unspecified atom stereocenters. The first-order valence-electron chi connectivity index (χ1n) is 3.56. The predicted octanol–water partition coefficient (Wildman–Crippen LogP) is 1.23. The third-order valence-electron chi connectivity index (χ3n) is 1.62. The minimum absolute atomic E-state index is 0.529. The maximum atomic E-state index is 5.72. The first-order chi connectivity index (χ1) is 4.72. The molecule has 0 atom stereocenters. The molecule has 10 heavy (non-hydrogen) atoms. The molecule has 0 bridgehead atoms. The molecule has 0 aliphatic heterocycles. The molecule has 0 amide bonds. The van der Waals surface area contributed by atoms with E-state index in [9.17, 15) is 0 Å². The van der Waals surface area contributed by atoms with Gasteiger partial charge in [0.1, 0.15) is 0 Å². The second-order valence-electron chi connectivity index (χ2n) is 2.78. The normalized spacial score (nSPS) is 9.40. The van der Waals surface area contributed by atoms with Gasteiger partial charge in [0.15, 0.2) is 6.71 Å². The van der Waals surface area contributed by atoms with Crippen LogP contribution in [-0.2, 0) is 0 Å². The van der Waals surface area contributed by atoms with E-state index < -0.39 is 0 Å². The number of hydrogen-bond donors (Lipinski definition) is 1. The van der Waals surface area contributed by atoms with Gasteiger partial charge in [0, 0.05) is 5.69 Å². The van der Waals surface area contributed by atoms with Crippen molar-refractivity contribution in [1.29, 1.82) is 0 Å². The smallest absolute Gasteiger partial charge is 0.172 e. The largest absolute Gasteiger partial charge is 0.399 e. The predicted molar refractivity (Wildman–Crippen MR) is 48.0 cm³/mol. The molecule has 0 saturated carbocycles. The van der Waals surface area contributed by atoms with Gasteiger partial charge in [-0.1, -0.05) is 37.3 Å². The molecule has 0 radical (unpaired) electrons. The van der Waals surface area contributed by atoms with Crippen LogP contribution in [0.4, 0.5) is 5.69 Å². The Labute approximate surface area is 62.3 Å². The summed E-state index contributed by atoms with van der Waals surface area (Å²) in [6.07, 6.45) is 0. The Morgan fingerprint density at radius 1 is 1.20 bits per heavy atom. The summed E-state index contributed by atoms with van der Waals surface area (Å²) < 4.78 is 0. The number of rotatable bonds is 1. The van der Waals surface area contributed by atoms with Crippen molar-refractivity contribution in [3.63, 3.8) is 0 Å². The average Bonchev–Trinajstić information content (AvgIpc) is 1.88. The van der Waals surface area contributed by atoms with Gasteiger partial charge in [-0.05, 0) is 6.07 Å². The maximum Gasteiger partial charge on any atom is 0.172 e. The fraction of sp³-hybridized carbons (Fsp3) is 0.250. The average molecular weight is 133 g/mol. The van der Waals surface area contributed by atoms with Crippen LogP contribution in [0.5, 0.6) is 0 Å². The lowest BCUT2D eigenvalue weighted by Crippen LogP contribution is -2.25. The monoisotopic (exact) mass is 133 g/mol. The van der Waals surface area contributed by atoms with Gasteiger partial charge in [-0.25, -0.2) is 0 Å². The van der Waals surface area contributed by atoms with Crippen molar-refractivity contribution in [2.45, 2.75) is 13.6 Å². The number of nitrogens with two attached hydrogens (primary N) is 1. The zero-order chi connectivity index (χ0) is 7.56. The number of anilines is 1. The van der Waals surface area contributed by atoms with E-state index in [2.05, 4.69) is 19.7 Å². The van der Waals surface area contributed by atoms with Crippen LogP contribution in [-0.4, -0.2) is 6.71 Å². The van der Waals surface area contributed by atoms with Gasteiger partial charge >= 0.3 is 0 Å². The minimum Gasteiger partial charge on any atom is -0.399 e.